The zero-order valence-corrected chi connectivity index (χ0v) is 17.1. The van der Waals surface area contributed by atoms with E-state index in [2.05, 4.69) is 31.5 Å². The van der Waals surface area contributed by atoms with Crippen molar-refractivity contribution in [1.82, 2.24) is 0 Å². The first-order valence-electron chi connectivity index (χ1n) is 9.42. The van der Waals surface area contributed by atoms with E-state index in [1.54, 1.807) is 6.07 Å². The van der Waals surface area contributed by atoms with E-state index in [0.717, 1.165) is 48.3 Å². The van der Waals surface area contributed by atoms with E-state index in [4.69, 9.17) is 16.3 Å². The van der Waals surface area contributed by atoms with Crippen LogP contribution in [0.2, 0.25) is 5.02 Å². The molecule has 4 nitrogen and oxygen atoms in total. The number of hydrogen-bond acceptors (Lipinski definition) is 2. The summed E-state index contributed by atoms with van der Waals surface area (Å²) in [5.74, 6) is -0.177. The lowest BCUT2D eigenvalue weighted by Gasteiger charge is -2.40. The molecule has 0 radical (unpaired) electrons. The summed E-state index contributed by atoms with van der Waals surface area (Å²) in [4.78, 5) is 12.6. The zero-order valence-electron chi connectivity index (χ0n) is 16.3. The molecular formula is C22H28ClN2O2+. The molecule has 1 aliphatic heterocycles. The summed E-state index contributed by atoms with van der Waals surface area (Å²) in [7, 11) is 4.57. The topological polar surface area (TPSA) is 38.3 Å². The van der Waals surface area contributed by atoms with Crippen LogP contribution < -0.4 is 5.32 Å². The Labute approximate surface area is 166 Å². The number of benzene rings is 2. The lowest BCUT2D eigenvalue weighted by atomic mass is 10.0. The molecule has 0 bridgehead atoms. The van der Waals surface area contributed by atoms with Crippen molar-refractivity contribution in [3.05, 3.63) is 64.2 Å². The van der Waals surface area contributed by atoms with Gasteiger partial charge in [0.1, 0.15) is 6.54 Å². The van der Waals surface area contributed by atoms with Gasteiger partial charge in [0.25, 0.3) is 5.91 Å². The van der Waals surface area contributed by atoms with Crippen molar-refractivity contribution in [3.8, 4) is 0 Å². The first-order valence-corrected chi connectivity index (χ1v) is 9.80. The number of halogens is 1. The number of ether oxygens (including phenoxy) is 1. The summed E-state index contributed by atoms with van der Waals surface area (Å²) in [5, 5.41) is 3.42. The first-order chi connectivity index (χ1) is 12.9. The lowest BCUT2D eigenvalue weighted by molar-refractivity contribution is -0.929. The SMILES string of the molecule is Cc1cccc(Cl)c1C(=O)Nc1ccc(C[N+](C)(C)C2CCOCC2)cc1. The zero-order chi connectivity index (χ0) is 19.4. The van der Waals surface area contributed by atoms with E-state index in [9.17, 15) is 4.79 Å². The van der Waals surface area contributed by atoms with Gasteiger partial charge in [-0.2, -0.15) is 0 Å². The van der Waals surface area contributed by atoms with Crippen molar-refractivity contribution in [2.75, 3.05) is 32.6 Å². The highest BCUT2D eigenvalue weighted by Crippen LogP contribution is 2.24. The van der Waals surface area contributed by atoms with E-state index in [-0.39, 0.29) is 5.91 Å². The Morgan fingerprint density at radius 3 is 2.44 bits per heavy atom. The monoisotopic (exact) mass is 387 g/mol. The second kappa shape index (κ2) is 8.42. The number of nitrogens with zero attached hydrogens (tertiary/aromatic N) is 1. The predicted octanol–water partition coefficient (Wildman–Crippen LogP) is 4.66. The molecule has 1 aliphatic rings. The fraction of sp³-hybridized carbons (Fsp3) is 0.409. The Kier molecular flexibility index (Phi) is 6.20. The van der Waals surface area contributed by atoms with E-state index in [1.807, 2.05) is 31.2 Å². The summed E-state index contributed by atoms with van der Waals surface area (Å²) >= 11 is 6.19. The summed E-state index contributed by atoms with van der Waals surface area (Å²) in [6.07, 6.45) is 2.22. The Morgan fingerprint density at radius 2 is 1.81 bits per heavy atom. The molecule has 2 aromatic carbocycles. The van der Waals surface area contributed by atoms with E-state index in [1.165, 1.54) is 5.56 Å². The molecule has 1 amide bonds. The molecule has 0 saturated carbocycles. The maximum absolute atomic E-state index is 12.6. The Bertz CT molecular complexity index is 776. The van der Waals surface area contributed by atoms with E-state index < -0.39 is 0 Å². The summed E-state index contributed by atoms with van der Waals surface area (Å²) in [6, 6.07) is 14.2. The molecule has 0 aliphatic carbocycles. The second-order valence-electron chi connectivity index (χ2n) is 7.86. The van der Waals surface area contributed by atoms with Crippen molar-refractivity contribution in [3.63, 3.8) is 0 Å². The van der Waals surface area contributed by atoms with Crippen LogP contribution in [-0.2, 0) is 11.3 Å². The molecular weight excluding hydrogens is 360 g/mol. The van der Waals surface area contributed by atoms with Crippen LogP contribution in [-0.4, -0.2) is 43.7 Å². The largest absolute Gasteiger partial charge is 0.381 e. The van der Waals surface area contributed by atoms with Gasteiger partial charge in [0, 0.05) is 24.1 Å². The minimum Gasteiger partial charge on any atom is -0.381 e. The fourth-order valence-corrected chi connectivity index (χ4v) is 4.10. The number of carbonyl (C=O) groups excluding carboxylic acids is 1. The number of rotatable bonds is 5. The highest BCUT2D eigenvalue weighted by molar-refractivity contribution is 6.34. The van der Waals surface area contributed by atoms with Gasteiger partial charge in [-0.25, -0.2) is 0 Å². The fourth-order valence-electron chi connectivity index (χ4n) is 3.79. The lowest BCUT2D eigenvalue weighted by Crippen LogP contribution is -2.50. The van der Waals surface area contributed by atoms with Crippen LogP contribution in [0, 0.1) is 6.92 Å². The number of carbonyl (C=O) groups is 1. The molecule has 0 atom stereocenters. The van der Waals surface area contributed by atoms with Crippen LogP contribution >= 0.6 is 11.6 Å². The van der Waals surface area contributed by atoms with Crippen LogP contribution in [0.15, 0.2) is 42.5 Å². The summed E-state index contributed by atoms with van der Waals surface area (Å²) < 4.78 is 6.44. The van der Waals surface area contributed by atoms with Gasteiger partial charge in [-0.05, 0) is 30.7 Å². The van der Waals surface area contributed by atoms with E-state index in [0.29, 0.717) is 16.6 Å². The molecule has 1 saturated heterocycles. The number of aryl methyl sites for hydroxylation is 1. The first kappa shape index (κ1) is 19.9. The van der Waals surface area contributed by atoms with Crippen molar-refractivity contribution in [1.29, 1.82) is 0 Å². The molecule has 1 fully saturated rings. The molecule has 2 aromatic rings. The molecule has 5 heteroatoms. The quantitative estimate of drug-likeness (QED) is 0.758. The van der Waals surface area contributed by atoms with Gasteiger partial charge in [-0.15, -0.1) is 0 Å². The third kappa shape index (κ3) is 4.89. The van der Waals surface area contributed by atoms with Crippen LogP contribution in [0.3, 0.4) is 0 Å². The highest BCUT2D eigenvalue weighted by Gasteiger charge is 2.30. The highest BCUT2D eigenvalue weighted by atomic mass is 35.5. The third-order valence-corrected chi connectivity index (χ3v) is 5.75. The Hall–Kier alpha value is -1.88. The smallest absolute Gasteiger partial charge is 0.257 e. The number of anilines is 1. The Morgan fingerprint density at radius 1 is 1.15 bits per heavy atom. The normalized spacial score (nSPS) is 15.6. The standard InChI is InChI=1S/C22H27ClN2O2/c1-16-5-4-6-20(23)21(16)22(26)24-18-9-7-17(8-10-18)15-25(2,3)19-11-13-27-14-12-19/h4-10,19H,11-15H2,1-3H3/p+1. The van der Waals surface area contributed by atoms with Gasteiger partial charge >= 0.3 is 0 Å². The Balaban J connectivity index is 1.66. The van der Waals surface area contributed by atoms with E-state index >= 15 is 0 Å². The molecule has 1 N–H and O–H groups in total. The maximum Gasteiger partial charge on any atom is 0.257 e. The average molecular weight is 388 g/mol. The molecule has 144 valence electrons. The second-order valence-corrected chi connectivity index (χ2v) is 8.27. The third-order valence-electron chi connectivity index (χ3n) is 5.43. The van der Waals surface area contributed by atoms with Crippen LogP contribution in [0.25, 0.3) is 0 Å². The van der Waals surface area contributed by atoms with Crippen molar-refractivity contribution < 1.29 is 14.0 Å². The summed E-state index contributed by atoms with van der Waals surface area (Å²) in [5.41, 5.74) is 3.44. The van der Waals surface area contributed by atoms with Crippen LogP contribution in [0.4, 0.5) is 5.69 Å². The minimum absolute atomic E-state index is 0.177. The van der Waals surface area contributed by atoms with Gasteiger partial charge in [0.05, 0.1) is 43.9 Å². The summed E-state index contributed by atoms with van der Waals surface area (Å²) in [6.45, 7) is 4.57. The van der Waals surface area contributed by atoms with Gasteiger partial charge in [-0.3, -0.25) is 4.79 Å². The minimum atomic E-state index is -0.177. The molecule has 1 heterocycles. The molecule has 0 unspecified atom stereocenters. The average Bonchev–Trinajstić information content (AvgIpc) is 2.64. The van der Waals surface area contributed by atoms with Crippen molar-refractivity contribution in [2.45, 2.75) is 32.4 Å². The molecule has 3 rings (SSSR count). The number of nitrogens with one attached hydrogen (secondary N) is 1. The van der Waals surface area contributed by atoms with Gasteiger partial charge in [0.15, 0.2) is 0 Å². The van der Waals surface area contributed by atoms with Crippen LogP contribution in [0.1, 0.15) is 34.3 Å². The number of quaternary nitrogens is 1. The van der Waals surface area contributed by atoms with Crippen molar-refractivity contribution >= 4 is 23.2 Å². The maximum atomic E-state index is 12.6. The van der Waals surface area contributed by atoms with Gasteiger partial charge in [-0.1, -0.05) is 35.9 Å². The molecule has 0 aromatic heterocycles. The number of amides is 1. The van der Waals surface area contributed by atoms with Crippen molar-refractivity contribution in [2.24, 2.45) is 0 Å². The predicted molar refractivity (Wildman–Crippen MR) is 110 cm³/mol. The van der Waals surface area contributed by atoms with Gasteiger partial charge in [0.2, 0.25) is 0 Å². The molecule has 27 heavy (non-hydrogen) atoms. The number of hydrogen-bond donors (Lipinski definition) is 1. The molecule has 0 spiro atoms. The van der Waals surface area contributed by atoms with Crippen LogP contribution in [0.5, 0.6) is 0 Å². The van der Waals surface area contributed by atoms with Gasteiger partial charge < -0.3 is 14.5 Å².